The third-order valence-corrected chi connectivity index (χ3v) is 4.18. The number of nitrogens with one attached hydrogen (secondary N) is 1. The Morgan fingerprint density at radius 1 is 1.24 bits per heavy atom. The molecule has 0 spiro atoms. The van der Waals surface area contributed by atoms with Gasteiger partial charge in [0, 0.05) is 18.7 Å². The average Bonchev–Trinajstić information content (AvgIpc) is 3.03. The molecule has 0 bridgehead atoms. The maximum atomic E-state index is 5.42. The summed E-state index contributed by atoms with van der Waals surface area (Å²) >= 11 is 0. The van der Waals surface area contributed by atoms with Crippen LogP contribution in [0.15, 0.2) is 47.1 Å². The lowest BCUT2D eigenvalue weighted by Crippen LogP contribution is -2.36. The summed E-state index contributed by atoms with van der Waals surface area (Å²) in [7, 11) is 2.22. The van der Waals surface area contributed by atoms with Gasteiger partial charge in [-0.2, -0.15) is 0 Å². The molecule has 2 heterocycles. The standard InChI is InChI=1S/C18H24N2O/c1-20(14-16-4-2-10-19-12-16)13-15-6-8-17(9-7-15)18-5-3-11-21-18/h3,5-9,11,16,19H,2,4,10,12-14H2,1H3/t16-/m0/s1. The summed E-state index contributed by atoms with van der Waals surface area (Å²) in [6.45, 7) is 4.54. The SMILES string of the molecule is CN(Cc1ccc(-c2ccco2)cc1)C[C@H]1CCCNC1. The van der Waals surface area contributed by atoms with E-state index in [-0.39, 0.29) is 0 Å². The lowest BCUT2D eigenvalue weighted by molar-refractivity contribution is 0.237. The molecule has 112 valence electrons. The second kappa shape index (κ2) is 6.92. The first kappa shape index (κ1) is 14.4. The number of piperidine rings is 1. The van der Waals surface area contributed by atoms with Crippen LogP contribution in [0, 0.1) is 5.92 Å². The van der Waals surface area contributed by atoms with Gasteiger partial charge in [0.2, 0.25) is 0 Å². The number of nitrogens with zero attached hydrogens (tertiary/aromatic N) is 1. The Morgan fingerprint density at radius 2 is 2.10 bits per heavy atom. The van der Waals surface area contributed by atoms with Gasteiger partial charge < -0.3 is 14.6 Å². The molecule has 0 unspecified atom stereocenters. The Labute approximate surface area is 127 Å². The summed E-state index contributed by atoms with van der Waals surface area (Å²) in [6.07, 6.45) is 4.39. The van der Waals surface area contributed by atoms with Crippen LogP contribution in [0.5, 0.6) is 0 Å². The molecule has 0 amide bonds. The summed E-state index contributed by atoms with van der Waals surface area (Å²) in [5.74, 6) is 1.73. The van der Waals surface area contributed by atoms with Crippen molar-refractivity contribution in [1.82, 2.24) is 10.2 Å². The van der Waals surface area contributed by atoms with Crippen molar-refractivity contribution in [2.24, 2.45) is 5.92 Å². The van der Waals surface area contributed by atoms with E-state index in [1.807, 2.05) is 12.1 Å². The molecule has 3 nitrogen and oxygen atoms in total. The van der Waals surface area contributed by atoms with Crippen LogP contribution in [0.2, 0.25) is 0 Å². The van der Waals surface area contributed by atoms with E-state index in [4.69, 9.17) is 4.42 Å². The lowest BCUT2D eigenvalue weighted by atomic mass is 9.99. The fourth-order valence-corrected chi connectivity index (χ4v) is 3.11. The molecule has 21 heavy (non-hydrogen) atoms. The third-order valence-electron chi connectivity index (χ3n) is 4.18. The summed E-state index contributed by atoms with van der Waals surface area (Å²) in [5, 5.41) is 3.49. The summed E-state index contributed by atoms with van der Waals surface area (Å²) in [6, 6.07) is 12.6. The first-order valence-corrected chi connectivity index (χ1v) is 7.83. The minimum Gasteiger partial charge on any atom is -0.464 e. The summed E-state index contributed by atoms with van der Waals surface area (Å²) < 4.78 is 5.42. The van der Waals surface area contributed by atoms with Gasteiger partial charge in [0.25, 0.3) is 0 Å². The molecule has 3 heteroatoms. The van der Waals surface area contributed by atoms with Crippen molar-refractivity contribution in [3.8, 4) is 11.3 Å². The predicted molar refractivity (Wildman–Crippen MR) is 86.1 cm³/mol. The van der Waals surface area contributed by atoms with E-state index >= 15 is 0 Å². The van der Waals surface area contributed by atoms with Crippen LogP contribution in [-0.4, -0.2) is 31.6 Å². The molecule has 1 aliphatic heterocycles. The van der Waals surface area contributed by atoms with Crippen LogP contribution in [0.25, 0.3) is 11.3 Å². The Morgan fingerprint density at radius 3 is 2.76 bits per heavy atom. The minimum absolute atomic E-state index is 0.797. The van der Waals surface area contributed by atoms with Crippen molar-refractivity contribution in [3.63, 3.8) is 0 Å². The van der Waals surface area contributed by atoms with Crippen LogP contribution in [-0.2, 0) is 6.54 Å². The van der Waals surface area contributed by atoms with Crippen LogP contribution in [0.4, 0.5) is 0 Å². The number of furan rings is 1. The van der Waals surface area contributed by atoms with E-state index in [0.29, 0.717) is 0 Å². The summed E-state index contributed by atoms with van der Waals surface area (Å²) in [5.41, 5.74) is 2.50. The molecule has 1 aromatic heterocycles. The molecule has 0 aliphatic carbocycles. The van der Waals surface area contributed by atoms with E-state index in [2.05, 4.69) is 41.5 Å². The highest BCUT2D eigenvalue weighted by Gasteiger charge is 2.15. The average molecular weight is 284 g/mol. The number of benzene rings is 1. The molecule has 3 rings (SSSR count). The number of rotatable bonds is 5. The van der Waals surface area contributed by atoms with E-state index in [1.54, 1.807) is 6.26 Å². The third kappa shape index (κ3) is 3.96. The molecule has 1 atom stereocenters. The molecular formula is C18H24N2O. The largest absolute Gasteiger partial charge is 0.464 e. The maximum Gasteiger partial charge on any atom is 0.133 e. The topological polar surface area (TPSA) is 28.4 Å². The van der Waals surface area contributed by atoms with Gasteiger partial charge in [-0.15, -0.1) is 0 Å². The normalized spacial score (nSPS) is 19.0. The zero-order valence-corrected chi connectivity index (χ0v) is 12.7. The van der Waals surface area contributed by atoms with Crippen molar-refractivity contribution in [1.29, 1.82) is 0 Å². The molecule has 1 aromatic carbocycles. The Kier molecular flexibility index (Phi) is 4.73. The van der Waals surface area contributed by atoms with Gasteiger partial charge >= 0.3 is 0 Å². The molecular weight excluding hydrogens is 260 g/mol. The van der Waals surface area contributed by atoms with Crippen LogP contribution < -0.4 is 5.32 Å². The van der Waals surface area contributed by atoms with E-state index in [9.17, 15) is 0 Å². The Balaban J connectivity index is 1.54. The highest BCUT2D eigenvalue weighted by atomic mass is 16.3. The summed E-state index contributed by atoms with van der Waals surface area (Å²) in [4.78, 5) is 2.43. The van der Waals surface area contributed by atoms with Gasteiger partial charge in [0.15, 0.2) is 0 Å². The maximum absolute atomic E-state index is 5.42. The van der Waals surface area contributed by atoms with Crippen LogP contribution in [0.1, 0.15) is 18.4 Å². The highest BCUT2D eigenvalue weighted by molar-refractivity contribution is 5.57. The van der Waals surface area contributed by atoms with Crippen molar-refractivity contribution >= 4 is 0 Å². The van der Waals surface area contributed by atoms with E-state index in [0.717, 1.165) is 23.8 Å². The van der Waals surface area contributed by atoms with Gasteiger partial charge in [0.1, 0.15) is 5.76 Å². The second-order valence-electron chi connectivity index (χ2n) is 6.08. The van der Waals surface area contributed by atoms with E-state index in [1.165, 1.54) is 38.0 Å². The second-order valence-corrected chi connectivity index (χ2v) is 6.08. The highest BCUT2D eigenvalue weighted by Crippen LogP contribution is 2.20. The molecule has 1 aliphatic rings. The number of hydrogen-bond acceptors (Lipinski definition) is 3. The fraction of sp³-hybridized carbons (Fsp3) is 0.444. The van der Waals surface area contributed by atoms with E-state index < -0.39 is 0 Å². The Hall–Kier alpha value is -1.58. The number of hydrogen-bond donors (Lipinski definition) is 1. The van der Waals surface area contributed by atoms with Gasteiger partial charge in [0.05, 0.1) is 6.26 Å². The molecule has 0 radical (unpaired) electrons. The zero-order chi connectivity index (χ0) is 14.5. The molecule has 1 N–H and O–H groups in total. The van der Waals surface area contributed by atoms with Gasteiger partial charge in [-0.3, -0.25) is 0 Å². The Bertz CT molecular complexity index is 527. The predicted octanol–water partition coefficient (Wildman–Crippen LogP) is 3.38. The van der Waals surface area contributed by atoms with Crippen LogP contribution in [0.3, 0.4) is 0 Å². The molecule has 2 aromatic rings. The van der Waals surface area contributed by atoms with Gasteiger partial charge in [-0.05, 0) is 56.6 Å². The van der Waals surface area contributed by atoms with Crippen LogP contribution >= 0.6 is 0 Å². The van der Waals surface area contributed by atoms with Crippen molar-refractivity contribution < 1.29 is 4.42 Å². The molecule has 1 fully saturated rings. The lowest BCUT2D eigenvalue weighted by Gasteiger charge is -2.27. The molecule has 1 saturated heterocycles. The van der Waals surface area contributed by atoms with Crippen molar-refractivity contribution in [3.05, 3.63) is 48.2 Å². The molecule has 0 saturated carbocycles. The van der Waals surface area contributed by atoms with Crippen molar-refractivity contribution in [2.75, 3.05) is 26.7 Å². The smallest absolute Gasteiger partial charge is 0.133 e. The quantitative estimate of drug-likeness (QED) is 0.912. The monoisotopic (exact) mass is 284 g/mol. The van der Waals surface area contributed by atoms with Gasteiger partial charge in [-0.1, -0.05) is 24.3 Å². The first-order chi connectivity index (χ1) is 10.3. The van der Waals surface area contributed by atoms with Crippen molar-refractivity contribution in [2.45, 2.75) is 19.4 Å². The van der Waals surface area contributed by atoms with Gasteiger partial charge in [-0.25, -0.2) is 0 Å². The fourth-order valence-electron chi connectivity index (χ4n) is 3.11. The first-order valence-electron chi connectivity index (χ1n) is 7.83. The minimum atomic E-state index is 0.797. The zero-order valence-electron chi connectivity index (χ0n) is 12.7.